The molecule has 2 aromatic rings. The fraction of sp³-hybridized carbons (Fsp3) is 0.409. The Morgan fingerprint density at radius 3 is 2.29 bits per heavy atom. The molecule has 7 nitrogen and oxygen atoms in total. The molecule has 4 rings (SSSR count). The van der Waals surface area contributed by atoms with Crippen LogP contribution in [0.5, 0.6) is 0 Å². The second-order valence-corrected chi connectivity index (χ2v) is 10.5. The van der Waals surface area contributed by atoms with Crippen LogP contribution in [0.15, 0.2) is 47.4 Å². The lowest BCUT2D eigenvalue weighted by Crippen LogP contribution is -2.54. The summed E-state index contributed by atoms with van der Waals surface area (Å²) in [5.41, 5.74) is 9.99. The van der Waals surface area contributed by atoms with Crippen LogP contribution in [-0.2, 0) is 14.8 Å². The molecule has 2 aliphatic rings. The molecule has 0 radical (unpaired) electrons. The van der Waals surface area contributed by atoms with Gasteiger partial charge in [0.05, 0.1) is 4.90 Å². The normalized spacial score (nSPS) is 22.6. The van der Waals surface area contributed by atoms with E-state index in [2.05, 4.69) is 42.9 Å². The zero-order valence-electron chi connectivity index (χ0n) is 17.6. The van der Waals surface area contributed by atoms with Gasteiger partial charge < -0.3 is 4.90 Å². The highest BCUT2D eigenvalue weighted by Gasteiger charge is 2.36. The monoisotopic (exact) mass is 462 g/mol. The average molecular weight is 463 g/mol. The predicted molar refractivity (Wildman–Crippen MR) is 120 cm³/mol. The Bertz CT molecular complexity index is 1070. The van der Waals surface area contributed by atoms with E-state index < -0.39 is 10.0 Å². The van der Waals surface area contributed by atoms with E-state index >= 15 is 0 Å². The highest BCUT2D eigenvalue weighted by molar-refractivity contribution is 7.89. The molecule has 0 aliphatic carbocycles. The minimum absolute atomic E-state index is 0.00220. The maximum Gasteiger partial charge on any atom is 0.243 e. The lowest BCUT2D eigenvalue weighted by Gasteiger charge is -2.35. The summed E-state index contributed by atoms with van der Waals surface area (Å²) in [5, 5.41) is 0.492. The maximum atomic E-state index is 13.0. The van der Waals surface area contributed by atoms with Crippen molar-refractivity contribution in [3.8, 4) is 0 Å². The number of hydrogen-bond donors (Lipinski definition) is 2. The van der Waals surface area contributed by atoms with Gasteiger partial charge >= 0.3 is 0 Å². The van der Waals surface area contributed by atoms with Gasteiger partial charge in [0.15, 0.2) is 0 Å². The molecular formula is C22H27ClN4O3S. The summed E-state index contributed by atoms with van der Waals surface area (Å²) in [6, 6.07) is 12.2. The van der Waals surface area contributed by atoms with Gasteiger partial charge in [-0.05, 0) is 61.2 Å². The number of nitrogens with zero attached hydrogens (tertiary/aromatic N) is 2. The lowest BCUT2D eigenvalue weighted by molar-refractivity contribution is -0.134. The van der Waals surface area contributed by atoms with Crippen LogP contribution in [0.2, 0.25) is 5.02 Å². The van der Waals surface area contributed by atoms with Crippen molar-refractivity contribution in [3.63, 3.8) is 0 Å². The van der Waals surface area contributed by atoms with Crippen LogP contribution in [0.4, 0.5) is 0 Å². The number of aryl methyl sites for hydroxylation is 2. The van der Waals surface area contributed by atoms with Crippen LogP contribution in [-0.4, -0.2) is 55.8 Å². The number of sulfonamides is 1. The molecule has 1 amide bonds. The van der Waals surface area contributed by atoms with Crippen LogP contribution < -0.4 is 10.9 Å². The van der Waals surface area contributed by atoms with E-state index in [1.54, 1.807) is 17.0 Å². The zero-order chi connectivity index (χ0) is 22.2. The molecule has 0 bridgehead atoms. The predicted octanol–water partition coefficient (Wildman–Crippen LogP) is 2.40. The standard InChI is InChI=1S/C22H27ClN4O3S/c1-15-3-4-17(13-16(15)2)20-14-21(25-24-20)22(28)26-9-11-27(12-10-26)31(29,30)19-7-5-18(23)6-8-19/h3-8,13,20-21,24-25H,9-12,14H2,1-2H3. The van der Waals surface area contributed by atoms with Gasteiger partial charge in [0.2, 0.25) is 15.9 Å². The number of piperazine rings is 1. The fourth-order valence-corrected chi connectivity index (χ4v) is 5.59. The summed E-state index contributed by atoms with van der Waals surface area (Å²) in [7, 11) is -3.59. The van der Waals surface area contributed by atoms with Crippen molar-refractivity contribution >= 4 is 27.5 Å². The molecule has 2 heterocycles. The van der Waals surface area contributed by atoms with Gasteiger partial charge in [0.1, 0.15) is 6.04 Å². The molecule has 9 heteroatoms. The zero-order valence-corrected chi connectivity index (χ0v) is 19.2. The third-order valence-electron chi connectivity index (χ3n) is 6.14. The molecule has 0 saturated carbocycles. The fourth-order valence-electron chi connectivity index (χ4n) is 4.04. The number of hydrazine groups is 1. The molecule has 2 aliphatic heterocycles. The highest BCUT2D eigenvalue weighted by atomic mass is 35.5. The highest BCUT2D eigenvalue weighted by Crippen LogP contribution is 2.26. The summed E-state index contributed by atoms with van der Waals surface area (Å²) >= 11 is 5.86. The SMILES string of the molecule is Cc1ccc(C2CC(C(=O)N3CCN(S(=O)(=O)c4ccc(Cl)cc4)CC3)NN2)cc1C. The van der Waals surface area contributed by atoms with Crippen LogP contribution in [0.3, 0.4) is 0 Å². The lowest BCUT2D eigenvalue weighted by atomic mass is 9.98. The van der Waals surface area contributed by atoms with E-state index in [4.69, 9.17) is 11.6 Å². The second kappa shape index (κ2) is 8.88. The van der Waals surface area contributed by atoms with Crippen LogP contribution in [0.1, 0.15) is 29.2 Å². The van der Waals surface area contributed by atoms with E-state index in [-0.39, 0.29) is 36.0 Å². The molecule has 2 saturated heterocycles. The van der Waals surface area contributed by atoms with E-state index in [0.29, 0.717) is 24.5 Å². The van der Waals surface area contributed by atoms with Crippen molar-refractivity contribution in [2.75, 3.05) is 26.2 Å². The molecule has 2 aromatic carbocycles. The number of rotatable bonds is 4. The molecule has 2 unspecified atom stereocenters. The van der Waals surface area contributed by atoms with Crippen molar-refractivity contribution in [3.05, 3.63) is 64.2 Å². The van der Waals surface area contributed by atoms with Crippen molar-refractivity contribution in [2.24, 2.45) is 0 Å². The first-order chi connectivity index (χ1) is 14.8. The van der Waals surface area contributed by atoms with Crippen LogP contribution in [0, 0.1) is 13.8 Å². The Hall–Kier alpha value is -1.97. The minimum atomic E-state index is -3.59. The van der Waals surface area contributed by atoms with Crippen LogP contribution in [0.25, 0.3) is 0 Å². The third-order valence-corrected chi connectivity index (χ3v) is 8.30. The Labute approximate surface area is 188 Å². The maximum absolute atomic E-state index is 13.0. The van der Waals surface area contributed by atoms with Crippen molar-refractivity contribution in [2.45, 2.75) is 37.2 Å². The molecule has 0 aromatic heterocycles. The Balaban J connectivity index is 1.35. The van der Waals surface area contributed by atoms with Gasteiger partial charge in [-0.2, -0.15) is 4.31 Å². The van der Waals surface area contributed by atoms with Gasteiger partial charge in [-0.3, -0.25) is 4.79 Å². The summed E-state index contributed by atoms with van der Waals surface area (Å²) in [4.78, 5) is 15.0. The average Bonchev–Trinajstić information content (AvgIpc) is 3.26. The first-order valence-electron chi connectivity index (χ1n) is 10.4. The van der Waals surface area contributed by atoms with E-state index in [1.165, 1.54) is 27.6 Å². The van der Waals surface area contributed by atoms with E-state index in [0.717, 1.165) is 5.56 Å². The van der Waals surface area contributed by atoms with Crippen molar-refractivity contribution < 1.29 is 13.2 Å². The molecule has 2 atom stereocenters. The number of carbonyl (C=O) groups excluding carboxylic acids is 1. The van der Waals surface area contributed by atoms with Crippen molar-refractivity contribution in [1.29, 1.82) is 0 Å². The first kappa shape index (κ1) is 22.2. The van der Waals surface area contributed by atoms with Gasteiger partial charge in [0, 0.05) is 37.2 Å². The summed E-state index contributed by atoms with van der Waals surface area (Å²) in [6.07, 6.45) is 0.657. The molecule has 2 N–H and O–H groups in total. The molecular weight excluding hydrogens is 436 g/mol. The third kappa shape index (κ3) is 4.63. The summed E-state index contributed by atoms with van der Waals surface area (Å²) in [6.45, 7) is 5.46. The number of halogens is 1. The Morgan fingerprint density at radius 2 is 1.65 bits per heavy atom. The number of nitrogens with one attached hydrogen (secondary N) is 2. The molecule has 31 heavy (non-hydrogen) atoms. The number of hydrogen-bond acceptors (Lipinski definition) is 5. The molecule has 0 spiro atoms. The Kier molecular flexibility index (Phi) is 6.37. The number of carbonyl (C=O) groups is 1. The summed E-state index contributed by atoms with van der Waals surface area (Å²) in [5.74, 6) is 0.00220. The number of amides is 1. The van der Waals surface area contributed by atoms with Gasteiger partial charge in [0.25, 0.3) is 0 Å². The van der Waals surface area contributed by atoms with Gasteiger partial charge in [-0.1, -0.05) is 29.8 Å². The van der Waals surface area contributed by atoms with E-state index in [9.17, 15) is 13.2 Å². The van der Waals surface area contributed by atoms with Gasteiger partial charge in [-0.15, -0.1) is 0 Å². The number of benzene rings is 2. The van der Waals surface area contributed by atoms with Crippen molar-refractivity contribution in [1.82, 2.24) is 20.1 Å². The second-order valence-electron chi connectivity index (χ2n) is 8.16. The molecule has 166 valence electrons. The smallest absolute Gasteiger partial charge is 0.243 e. The van der Waals surface area contributed by atoms with Gasteiger partial charge in [-0.25, -0.2) is 19.3 Å². The quantitative estimate of drug-likeness (QED) is 0.729. The summed E-state index contributed by atoms with van der Waals surface area (Å²) < 4.78 is 27.1. The molecule has 2 fully saturated rings. The Morgan fingerprint density at radius 1 is 0.968 bits per heavy atom. The minimum Gasteiger partial charge on any atom is -0.339 e. The topological polar surface area (TPSA) is 81.8 Å². The van der Waals surface area contributed by atoms with E-state index in [1.807, 2.05) is 0 Å². The first-order valence-corrected chi connectivity index (χ1v) is 12.2. The largest absolute Gasteiger partial charge is 0.339 e. The van der Waals surface area contributed by atoms with Crippen LogP contribution >= 0.6 is 11.6 Å².